The number of nitrogens with zero attached hydrogens (tertiary/aromatic N) is 1. The van der Waals surface area contributed by atoms with E-state index < -0.39 is 0 Å². The lowest BCUT2D eigenvalue weighted by Crippen LogP contribution is -2.25. The zero-order valence-corrected chi connectivity index (χ0v) is 16.4. The van der Waals surface area contributed by atoms with E-state index in [1.165, 1.54) is 6.07 Å². The molecule has 4 nitrogen and oxygen atoms in total. The van der Waals surface area contributed by atoms with Crippen molar-refractivity contribution in [2.45, 2.75) is 20.3 Å². The monoisotopic (exact) mass is 387 g/mol. The molecular weight excluding hydrogens is 365 g/mol. The van der Waals surface area contributed by atoms with Gasteiger partial charge in [0.1, 0.15) is 5.82 Å². The minimum Gasteiger partial charge on any atom is -0.356 e. The molecule has 0 saturated carbocycles. The largest absolute Gasteiger partial charge is 0.356 e. The van der Waals surface area contributed by atoms with Crippen molar-refractivity contribution in [3.05, 3.63) is 89.1 Å². The van der Waals surface area contributed by atoms with Crippen LogP contribution < -0.4 is 5.32 Å². The van der Waals surface area contributed by atoms with E-state index in [-0.39, 0.29) is 11.7 Å². The van der Waals surface area contributed by atoms with Crippen molar-refractivity contribution in [3.63, 3.8) is 0 Å². The van der Waals surface area contributed by atoms with E-state index in [2.05, 4.69) is 15.3 Å². The molecule has 29 heavy (non-hydrogen) atoms. The molecule has 0 atom stereocenters. The number of aromatic nitrogens is 2. The molecule has 0 unspecified atom stereocenters. The number of H-pyrrole nitrogens is 1. The topological polar surface area (TPSA) is 57.8 Å². The molecule has 0 bridgehead atoms. The second-order valence-electron chi connectivity index (χ2n) is 7.17. The molecule has 0 spiro atoms. The van der Waals surface area contributed by atoms with Crippen molar-refractivity contribution in [2.75, 3.05) is 6.54 Å². The number of amides is 1. The van der Waals surface area contributed by atoms with Crippen LogP contribution in [0.2, 0.25) is 0 Å². The van der Waals surface area contributed by atoms with Crippen molar-refractivity contribution in [2.24, 2.45) is 0 Å². The van der Waals surface area contributed by atoms with Gasteiger partial charge in [-0.2, -0.15) is 0 Å². The van der Waals surface area contributed by atoms with Crippen molar-refractivity contribution in [3.8, 4) is 11.1 Å². The summed E-state index contributed by atoms with van der Waals surface area (Å²) in [4.78, 5) is 19.8. The maximum absolute atomic E-state index is 14.1. The SMILES string of the molecule is Cc1[nH]c2c(F)ccc(C)c2c1CCNC(=O)c1ccc(-c2cccnc2)cc1. The molecule has 2 N–H and O–H groups in total. The molecule has 4 rings (SSSR count). The number of hydrogen-bond acceptors (Lipinski definition) is 2. The number of nitrogens with one attached hydrogen (secondary N) is 2. The molecule has 1 amide bonds. The Bertz CT molecular complexity index is 1160. The first kappa shape index (κ1) is 18.9. The molecular formula is C24H22FN3O. The minimum atomic E-state index is -0.252. The molecule has 146 valence electrons. The van der Waals surface area contributed by atoms with Crippen LogP contribution in [-0.4, -0.2) is 22.4 Å². The lowest BCUT2D eigenvalue weighted by Gasteiger charge is -2.08. The molecule has 2 aromatic heterocycles. The molecule has 0 radical (unpaired) electrons. The molecule has 0 saturated heterocycles. The first-order chi connectivity index (χ1) is 14.0. The van der Waals surface area contributed by atoms with E-state index in [0.717, 1.165) is 33.3 Å². The van der Waals surface area contributed by atoms with Crippen LogP contribution >= 0.6 is 0 Å². The summed E-state index contributed by atoms with van der Waals surface area (Å²) in [5.41, 5.74) is 6.18. The number of hydrogen-bond donors (Lipinski definition) is 2. The lowest BCUT2D eigenvalue weighted by molar-refractivity contribution is 0.0954. The van der Waals surface area contributed by atoms with E-state index >= 15 is 0 Å². The third-order valence-electron chi connectivity index (χ3n) is 5.23. The van der Waals surface area contributed by atoms with Crippen LogP contribution in [0.3, 0.4) is 0 Å². The number of carbonyl (C=O) groups excluding carboxylic acids is 1. The lowest BCUT2D eigenvalue weighted by atomic mass is 10.0. The van der Waals surface area contributed by atoms with Gasteiger partial charge in [-0.15, -0.1) is 0 Å². The molecule has 0 aliphatic carbocycles. The maximum atomic E-state index is 14.1. The predicted octanol–water partition coefficient (Wildman–Crippen LogP) is 4.96. The number of halogens is 1. The van der Waals surface area contributed by atoms with Crippen LogP contribution in [-0.2, 0) is 6.42 Å². The van der Waals surface area contributed by atoms with Gasteiger partial charge in [-0.3, -0.25) is 9.78 Å². The second-order valence-corrected chi connectivity index (χ2v) is 7.17. The average Bonchev–Trinajstić information content (AvgIpc) is 3.09. The van der Waals surface area contributed by atoms with Crippen LogP contribution in [0.15, 0.2) is 60.9 Å². The van der Waals surface area contributed by atoms with E-state index in [4.69, 9.17) is 0 Å². The summed E-state index contributed by atoms with van der Waals surface area (Å²) >= 11 is 0. The van der Waals surface area contributed by atoms with Crippen molar-refractivity contribution in [1.29, 1.82) is 0 Å². The fourth-order valence-corrected chi connectivity index (χ4v) is 3.71. The smallest absolute Gasteiger partial charge is 0.251 e. The van der Waals surface area contributed by atoms with Gasteiger partial charge in [-0.25, -0.2) is 4.39 Å². The Morgan fingerprint density at radius 2 is 1.86 bits per heavy atom. The summed E-state index contributed by atoms with van der Waals surface area (Å²) in [6.45, 7) is 4.39. The highest BCUT2D eigenvalue weighted by Gasteiger charge is 2.14. The quantitative estimate of drug-likeness (QED) is 0.509. The third-order valence-corrected chi connectivity index (χ3v) is 5.23. The van der Waals surface area contributed by atoms with E-state index in [1.807, 2.05) is 50.2 Å². The summed E-state index contributed by atoms with van der Waals surface area (Å²) in [6.07, 6.45) is 4.16. The van der Waals surface area contributed by atoms with Crippen molar-refractivity contribution >= 4 is 16.8 Å². The van der Waals surface area contributed by atoms with Crippen LogP contribution in [0.4, 0.5) is 4.39 Å². The predicted molar refractivity (Wildman–Crippen MR) is 113 cm³/mol. The highest BCUT2D eigenvalue weighted by Crippen LogP contribution is 2.27. The third kappa shape index (κ3) is 3.76. The first-order valence-electron chi connectivity index (χ1n) is 9.59. The Balaban J connectivity index is 1.44. The summed E-state index contributed by atoms with van der Waals surface area (Å²) in [5.74, 6) is -0.374. The van der Waals surface area contributed by atoms with Crippen molar-refractivity contribution < 1.29 is 9.18 Å². The highest BCUT2D eigenvalue weighted by atomic mass is 19.1. The molecule has 2 heterocycles. The first-order valence-corrected chi connectivity index (χ1v) is 9.59. The maximum Gasteiger partial charge on any atom is 0.251 e. The highest BCUT2D eigenvalue weighted by molar-refractivity contribution is 5.94. The van der Waals surface area contributed by atoms with Gasteiger partial charge in [0.05, 0.1) is 5.52 Å². The minimum absolute atomic E-state index is 0.122. The summed E-state index contributed by atoms with van der Waals surface area (Å²) < 4.78 is 14.1. The normalized spacial score (nSPS) is 11.0. The fourth-order valence-electron chi connectivity index (χ4n) is 3.71. The zero-order chi connectivity index (χ0) is 20.4. The zero-order valence-electron chi connectivity index (χ0n) is 16.4. The van der Waals surface area contributed by atoms with Crippen LogP contribution in [0.5, 0.6) is 0 Å². The van der Waals surface area contributed by atoms with Gasteiger partial charge >= 0.3 is 0 Å². The number of benzene rings is 2. The number of pyridine rings is 1. The Morgan fingerprint density at radius 1 is 1.07 bits per heavy atom. The van der Waals surface area contributed by atoms with Gasteiger partial charge in [0.2, 0.25) is 0 Å². The average molecular weight is 387 g/mol. The van der Waals surface area contributed by atoms with Crippen LogP contribution in [0.25, 0.3) is 22.0 Å². The molecule has 0 aliphatic heterocycles. The number of aryl methyl sites for hydroxylation is 2. The van der Waals surface area contributed by atoms with E-state index in [9.17, 15) is 9.18 Å². The standard InChI is InChI=1S/C24H22FN3O/c1-15-5-10-21(25)23-22(15)20(16(2)28-23)11-13-27-24(29)18-8-6-17(7-9-18)19-4-3-12-26-14-19/h3-10,12,14,28H,11,13H2,1-2H3,(H,27,29). The van der Waals surface area contributed by atoms with Gasteiger partial charge in [0.25, 0.3) is 5.91 Å². The van der Waals surface area contributed by atoms with Gasteiger partial charge in [0, 0.05) is 35.6 Å². The number of carbonyl (C=O) groups is 1. The number of fused-ring (bicyclic) bond motifs is 1. The van der Waals surface area contributed by atoms with Crippen molar-refractivity contribution in [1.82, 2.24) is 15.3 Å². The number of rotatable bonds is 5. The Labute approximate surface area is 168 Å². The molecule has 0 fully saturated rings. The Hall–Kier alpha value is -3.47. The van der Waals surface area contributed by atoms with Crippen LogP contribution in [0.1, 0.15) is 27.2 Å². The Kier molecular flexibility index (Phi) is 5.12. The fraction of sp³-hybridized carbons (Fsp3) is 0.167. The van der Waals surface area contributed by atoms with Gasteiger partial charge in [-0.05, 0) is 66.8 Å². The van der Waals surface area contributed by atoms with Gasteiger partial charge in [-0.1, -0.05) is 24.3 Å². The molecule has 2 aromatic carbocycles. The van der Waals surface area contributed by atoms with E-state index in [0.29, 0.717) is 24.0 Å². The molecule has 4 aromatic rings. The number of aromatic amines is 1. The van der Waals surface area contributed by atoms with Gasteiger partial charge < -0.3 is 10.3 Å². The molecule has 5 heteroatoms. The summed E-state index contributed by atoms with van der Waals surface area (Å²) in [5, 5.41) is 3.88. The Morgan fingerprint density at radius 3 is 2.59 bits per heavy atom. The summed E-state index contributed by atoms with van der Waals surface area (Å²) in [7, 11) is 0. The molecule has 0 aliphatic rings. The summed E-state index contributed by atoms with van der Waals surface area (Å²) in [6, 6.07) is 14.6. The van der Waals surface area contributed by atoms with Crippen LogP contribution in [0, 0.1) is 19.7 Å². The van der Waals surface area contributed by atoms with Gasteiger partial charge in [0.15, 0.2) is 0 Å². The second kappa shape index (κ2) is 7.87. The van der Waals surface area contributed by atoms with E-state index in [1.54, 1.807) is 18.5 Å².